The Morgan fingerprint density at radius 3 is 2.88 bits per heavy atom. The number of thiazole rings is 1. The Balaban J connectivity index is 1.42. The molecule has 6 heteroatoms. The summed E-state index contributed by atoms with van der Waals surface area (Å²) in [5.74, 6) is 0.767. The largest absolute Gasteiger partial charge is 0.332 e. The molecule has 3 aromatic rings. The number of rotatable bonds is 5. The van der Waals surface area contributed by atoms with E-state index in [-0.39, 0.29) is 11.7 Å². The van der Waals surface area contributed by atoms with Crippen LogP contribution in [-0.4, -0.2) is 38.3 Å². The SMILES string of the molecule is Cn1ccnc1C(=O)C1CCCN(Cc2cnc(-c3ccccc3)s2)C1. The zero-order valence-corrected chi connectivity index (χ0v) is 15.7. The summed E-state index contributed by atoms with van der Waals surface area (Å²) in [7, 11) is 1.88. The fraction of sp³-hybridized carbons (Fsp3) is 0.350. The van der Waals surface area contributed by atoms with Crippen LogP contribution in [0.25, 0.3) is 10.6 Å². The van der Waals surface area contributed by atoms with E-state index in [2.05, 4.69) is 27.0 Å². The van der Waals surface area contributed by atoms with Gasteiger partial charge in [0.05, 0.1) is 0 Å². The molecule has 5 nitrogen and oxygen atoms in total. The van der Waals surface area contributed by atoms with Crippen molar-refractivity contribution in [3.8, 4) is 10.6 Å². The van der Waals surface area contributed by atoms with E-state index in [0.29, 0.717) is 5.82 Å². The lowest BCUT2D eigenvalue weighted by molar-refractivity contribution is 0.0798. The van der Waals surface area contributed by atoms with E-state index >= 15 is 0 Å². The normalized spacial score (nSPS) is 18.1. The van der Waals surface area contributed by atoms with Gasteiger partial charge in [-0.1, -0.05) is 30.3 Å². The molecule has 2 aromatic heterocycles. The Labute approximate surface area is 157 Å². The Kier molecular flexibility index (Phi) is 4.95. The maximum atomic E-state index is 12.7. The molecule has 0 amide bonds. The molecule has 4 rings (SSSR count). The number of aryl methyl sites for hydroxylation is 1. The summed E-state index contributed by atoms with van der Waals surface area (Å²) in [6.07, 6.45) is 7.48. The predicted molar refractivity (Wildman–Crippen MR) is 103 cm³/mol. The van der Waals surface area contributed by atoms with Gasteiger partial charge in [-0.2, -0.15) is 0 Å². The van der Waals surface area contributed by atoms with Crippen molar-refractivity contribution in [2.24, 2.45) is 13.0 Å². The van der Waals surface area contributed by atoms with E-state index in [1.165, 1.54) is 4.88 Å². The maximum Gasteiger partial charge on any atom is 0.202 e. The molecule has 1 fully saturated rings. The van der Waals surface area contributed by atoms with Gasteiger partial charge in [0, 0.05) is 55.1 Å². The van der Waals surface area contributed by atoms with E-state index in [1.54, 1.807) is 17.5 Å². The summed E-state index contributed by atoms with van der Waals surface area (Å²) < 4.78 is 1.82. The van der Waals surface area contributed by atoms with Gasteiger partial charge in [-0.05, 0) is 19.4 Å². The molecule has 134 valence electrons. The first-order chi connectivity index (χ1) is 12.7. The fourth-order valence-electron chi connectivity index (χ4n) is 3.51. The zero-order valence-electron chi connectivity index (χ0n) is 14.8. The van der Waals surface area contributed by atoms with Gasteiger partial charge in [0.1, 0.15) is 5.01 Å². The molecule has 26 heavy (non-hydrogen) atoms. The van der Waals surface area contributed by atoms with Gasteiger partial charge in [-0.3, -0.25) is 9.69 Å². The van der Waals surface area contributed by atoms with Crippen LogP contribution in [0.15, 0.2) is 48.9 Å². The number of benzene rings is 1. The summed E-state index contributed by atoms with van der Waals surface area (Å²) in [5, 5.41) is 1.05. The minimum atomic E-state index is 0.0337. The number of carbonyl (C=O) groups excluding carboxylic acids is 1. The third-order valence-corrected chi connectivity index (χ3v) is 5.90. The van der Waals surface area contributed by atoms with Crippen LogP contribution in [0.5, 0.6) is 0 Å². The quantitative estimate of drug-likeness (QED) is 0.647. The monoisotopic (exact) mass is 366 g/mol. The topological polar surface area (TPSA) is 51.0 Å². The highest BCUT2D eigenvalue weighted by atomic mass is 32.1. The number of imidazole rings is 1. The van der Waals surface area contributed by atoms with Crippen molar-refractivity contribution in [2.45, 2.75) is 19.4 Å². The van der Waals surface area contributed by atoms with Crippen molar-refractivity contribution in [1.29, 1.82) is 0 Å². The molecule has 0 aliphatic carbocycles. The van der Waals surface area contributed by atoms with Crippen molar-refractivity contribution < 1.29 is 4.79 Å². The Morgan fingerprint density at radius 1 is 1.27 bits per heavy atom. The van der Waals surface area contributed by atoms with Crippen LogP contribution < -0.4 is 0 Å². The second-order valence-electron chi connectivity index (χ2n) is 6.80. The second-order valence-corrected chi connectivity index (χ2v) is 7.91. The lowest BCUT2D eigenvalue weighted by atomic mass is 9.93. The highest BCUT2D eigenvalue weighted by Crippen LogP contribution is 2.27. The predicted octanol–water partition coefficient (Wildman–Crippen LogP) is 3.64. The van der Waals surface area contributed by atoms with Gasteiger partial charge in [-0.15, -0.1) is 11.3 Å². The summed E-state index contributed by atoms with van der Waals surface area (Å²) in [6.45, 7) is 2.68. The molecule has 1 aromatic carbocycles. The third kappa shape index (κ3) is 3.61. The van der Waals surface area contributed by atoms with Gasteiger partial charge in [0.2, 0.25) is 5.78 Å². The van der Waals surface area contributed by atoms with Crippen LogP contribution in [-0.2, 0) is 13.6 Å². The standard InChI is InChI=1S/C20H22N4OS/c1-23-11-9-21-19(23)18(25)16-8-5-10-24(13-16)14-17-12-22-20(26-17)15-6-3-2-4-7-15/h2-4,6-7,9,11-12,16H,5,8,10,13-14H2,1H3. The lowest BCUT2D eigenvalue weighted by Gasteiger charge is -2.31. The number of ketones is 1. The number of nitrogens with zero attached hydrogens (tertiary/aromatic N) is 4. The lowest BCUT2D eigenvalue weighted by Crippen LogP contribution is -2.38. The first-order valence-corrected chi connectivity index (χ1v) is 9.76. The van der Waals surface area contributed by atoms with Crippen LogP contribution in [0.4, 0.5) is 0 Å². The van der Waals surface area contributed by atoms with Crippen LogP contribution in [0.2, 0.25) is 0 Å². The molecule has 0 bridgehead atoms. The second kappa shape index (κ2) is 7.51. The summed E-state index contributed by atoms with van der Waals surface area (Å²) >= 11 is 1.74. The van der Waals surface area contributed by atoms with Gasteiger partial charge in [0.25, 0.3) is 0 Å². The molecule has 0 spiro atoms. The van der Waals surface area contributed by atoms with Crippen LogP contribution in [0.1, 0.15) is 28.3 Å². The third-order valence-electron chi connectivity index (χ3n) is 4.87. The summed E-state index contributed by atoms with van der Waals surface area (Å²) in [4.78, 5) is 25.2. The van der Waals surface area contributed by atoms with Gasteiger partial charge in [0.15, 0.2) is 5.82 Å². The fourth-order valence-corrected chi connectivity index (χ4v) is 4.47. The van der Waals surface area contributed by atoms with Crippen molar-refractivity contribution >= 4 is 17.1 Å². The van der Waals surface area contributed by atoms with Gasteiger partial charge in [-0.25, -0.2) is 9.97 Å². The molecule has 0 radical (unpaired) electrons. The number of likely N-dealkylation sites (tertiary alicyclic amines) is 1. The number of hydrogen-bond donors (Lipinski definition) is 0. The zero-order chi connectivity index (χ0) is 17.9. The first kappa shape index (κ1) is 17.1. The molecule has 3 heterocycles. The smallest absolute Gasteiger partial charge is 0.202 e. The van der Waals surface area contributed by atoms with Crippen molar-refractivity contribution in [3.05, 3.63) is 59.6 Å². The average Bonchev–Trinajstić information content (AvgIpc) is 3.31. The van der Waals surface area contributed by atoms with E-state index in [0.717, 1.165) is 43.0 Å². The van der Waals surface area contributed by atoms with E-state index in [9.17, 15) is 4.79 Å². The highest BCUT2D eigenvalue weighted by Gasteiger charge is 2.28. The molecule has 1 aliphatic heterocycles. The number of carbonyl (C=O) groups is 1. The minimum absolute atomic E-state index is 0.0337. The number of Topliss-reactive ketones (excluding diaryl/α,β-unsaturated/α-hetero) is 1. The molecule has 0 N–H and O–H groups in total. The molecule has 0 saturated carbocycles. The number of hydrogen-bond acceptors (Lipinski definition) is 5. The molecular weight excluding hydrogens is 344 g/mol. The van der Waals surface area contributed by atoms with Crippen LogP contribution >= 0.6 is 11.3 Å². The molecule has 1 aliphatic rings. The van der Waals surface area contributed by atoms with Crippen molar-refractivity contribution in [3.63, 3.8) is 0 Å². The van der Waals surface area contributed by atoms with E-state index in [4.69, 9.17) is 0 Å². The minimum Gasteiger partial charge on any atom is -0.332 e. The molecule has 1 atom stereocenters. The maximum absolute atomic E-state index is 12.7. The Hall–Kier alpha value is -2.31. The van der Waals surface area contributed by atoms with Gasteiger partial charge < -0.3 is 4.57 Å². The highest BCUT2D eigenvalue weighted by molar-refractivity contribution is 7.15. The average molecular weight is 366 g/mol. The number of aromatic nitrogens is 3. The van der Waals surface area contributed by atoms with E-state index < -0.39 is 0 Å². The van der Waals surface area contributed by atoms with E-state index in [1.807, 2.05) is 42.2 Å². The van der Waals surface area contributed by atoms with Crippen LogP contribution in [0.3, 0.4) is 0 Å². The van der Waals surface area contributed by atoms with Crippen molar-refractivity contribution in [1.82, 2.24) is 19.4 Å². The van der Waals surface area contributed by atoms with Gasteiger partial charge >= 0.3 is 0 Å². The first-order valence-electron chi connectivity index (χ1n) is 8.95. The Bertz CT molecular complexity index is 886. The van der Waals surface area contributed by atoms with Crippen LogP contribution in [0, 0.1) is 5.92 Å². The number of piperidine rings is 1. The summed E-state index contributed by atoms with van der Waals surface area (Å²) in [6, 6.07) is 10.3. The summed E-state index contributed by atoms with van der Waals surface area (Å²) in [5.41, 5.74) is 1.16. The molecule has 1 unspecified atom stereocenters. The Morgan fingerprint density at radius 2 is 2.12 bits per heavy atom. The molecular formula is C20H22N4OS. The van der Waals surface area contributed by atoms with Crippen molar-refractivity contribution in [2.75, 3.05) is 13.1 Å². The molecule has 1 saturated heterocycles.